The average Bonchev–Trinajstić information content (AvgIpc) is 2.77. The molecule has 2 rings (SSSR count). The van der Waals surface area contributed by atoms with Gasteiger partial charge in [0.05, 0.1) is 17.6 Å². The van der Waals surface area contributed by atoms with Gasteiger partial charge in [-0.15, -0.1) is 0 Å². The van der Waals surface area contributed by atoms with Gasteiger partial charge in [0.25, 0.3) is 0 Å². The summed E-state index contributed by atoms with van der Waals surface area (Å²) in [6.45, 7) is 2.93. The van der Waals surface area contributed by atoms with E-state index in [0.717, 1.165) is 12.2 Å². The monoisotopic (exact) mass is 207 g/mol. The van der Waals surface area contributed by atoms with Crippen LogP contribution in [-0.4, -0.2) is 9.78 Å². The Hall–Kier alpha value is -1.29. The molecule has 0 atom stereocenters. The molecule has 0 saturated carbocycles. The number of rotatable bonds is 3. The van der Waals surface area contributed by atoms with Crippen molar-refractivity contribution in [1.29, 1.82) is 0 Å². The Bertz CT molecular complexity index is 403. The fourth-order valence-corrected chi connectivity index (χ4v) is 1.93. The van der Waals surface area contributed by atoms with Crippen LogP contribution in [0.1, 0.15) is 11.3 Å². The molecule has 0 amide bonds. The van der Waals surface area contributed by atoms with Crippen molar-refractivity contribution >= 4 is 17.0 Å². The maximum Gasteiger partial charge on any atom is 0.0758 e. The van der Waals surface area contributed by atoms with Crippen LogP contribution in [0.2, 0.25) is 0 Å². The first-order chi connectivity index (χ1) is 6.77. The van der Waals surface area contributed by atoms with Crippen LogP contribution in [0, 0.1) is 6.92 Å². The molecule has 0 spiro atoms. The van der Waals surface area contributed by atoms with E-state index in [9.17, 15) is 0 Å². The molecule has 0 aliphatic rings. The molecule has 14 heavy (non-hydrogen) atoms. The number of nitrogens with zero attached hydrogens (tertiary/aromatic N) is 2. The zero-order chi connectivity index (χ0) is 9.97. The molecule has 0 unspecified atom stereocenters. The number of nitrogens with one attached hydrogen (secondary N) is 1. The minimum Gasteiger partial charge on any atom is -0.378 e. The topological polar surface area (TPSA) is 29.9 Å². The van der Waals surface area contributed by atoms with Gasteiger partial charge in [0.15, 0.2) is 0 Å². The number of hydrogen-bond donors (Lipinski definition) is 1. The van der Waals surface area contributed by atoms with Crippen LogP contribution in [0.3, 0.4) is 0 Å². The van der Waals surface area contributed by atoms with Gasteiger partial charge in [-0.2, -0.15) is 16.4 Å². The SMILES string of the molecule is Cc1c(NCc2ccsc2)cnn1C. The molecule has 4 heteroatoms. The Morgan fingerprint density at radius 1 is 1.57 bits per heavy atom. The molecular weight excluding hydrogens is 194 g/mol. The van der Waals surface area contributed by atoms with Crippen molar-refractivity contribution in [2.24, 2.45) is 7.05 Å². The van der Waals surface area contributed by atoms with E-state index in [2.05, 4.69) is 34.2 Å². The fraction of sp³-hybridized carbons (Fsp3) is 0.300. The Morgan fingerprint density at radius 2 is 2.43 bits per heavy atom. The van der Waals surface area contributed by atoms with E-state index in [0.29, 0.717) is 0 Å². The molecule has 0 radical (unpaired) electrons. The Morgan fingerprint density at radius 3 is 3.00 bits per heavy atom. The summed E-state index contributed by atoms with van der Waals surface area (Å²) in [7, 11) is 1.95. The molecule has 2 heterocycles. The second kappa shape index (κ2) is 3.84. The number of anilines is 1. The highest BCUT2D eigenvalue weighted by Crippen LogP contribution is 2.14. The van der Waals surface area contributed by atoms with Crippen molar-refractivity contribution in [2.75, 3.05) is 5.32 Å². The summed E-state index contributed by atoms with van der Waals surface area (Å²) in [5.41, 5.74) is 3.59. The van der Waals surface area contributed by atoms with Gasteiger partial charge in [-0.25, -0.2) is 0 Å². The summed E-state index contributed by atoms with van der Waals surface area (Å²) in [5, 5.41) is 11.8. The van der Waals surface area contributed by atoms with Gasteiger partial charge in [-0.3, -0.25) is 4.68 Å². The summed E-state index contributed by atoms with van der Waals surface area (Å²) in [6, 6.07) is 2.13. The summed E-state index contributed by atoms with van der Waals surface area (Å²) >= 11 is 1.72. The molecule has 0 aliphatic carbocycles. The first-order valence-electron chi connectivity index (χ1n) is 4.51. The Labute approximate surface area is 87.4 Å². The molecule has 0 aliphatic heterocycles. The van der Waals surface area contributed by atoms with Crippen molar-refractivity contribution in [3.63, 3.8) is 0 Å². The van der Waals surface area contributed by atoms with Crippen LogP contribution in [0.4, 0.5) is 5.69 Å². The zero-order valence-electron chi connectivity index (χ0n) is 8.32. The van der Waals surface area contributed by atoms with E-state index in [1.165, 1.54) is 11.3 Å². The van der Waals surface area contributed by atoms with E-state index in [-0.39, 0.29) is 0 Å². The molecule has 2 aromatic rings. The van der Waals surface area contributed by atoms with Crippen molar-refractivity contribution in [3.05, 3.63) is 34.3 Å². The van der Waals surface area contributed by atoms with Crippen LogP contribution in [0.5, 0.6) is 0 Å². The molecule has 74 valence electrons. The van der Waals surface area contributed by atoms with Crippen LogP contribution in [0.25, 0.3) is 0 Å². The lowest BCUT2D eigenvalue weighted by atomic mass is 10.3. The minimum atomic E-state index is 0.871. The van der Waals surface area contributed by atoms with Crippen LogP contribution in [0.15, 0.2) is 23.0 Å². The predicted octanol–water partition coefficient (Wildman–Crippen LogP) is 2.40. The van der Waals surface area contributed by atoms with Gasteiger partial charge >= 0.3 is 0 Å². The molecule has 0 bridgehead atoms. The summed E-state index contributed by atoms with van der Waals surface area (Å²) in [6.07, 6.45) is 1.86. The average molecular weight is 207 g/mol. The Balaban J connectivity index is 2.02. The second-order valence-electron chi connectivity index (χ2n) is 3.25. The molecule has 0 saturated heterocycles. The minimum absolute atomic E-state index is 0.871. The largest absolute Gasteiger partial charge is 0.378 e. The zero-order valence-corrected chi connectivity index (χ0v) is 9.14. The number of aromatic nitrogens is 2. The normalized spacial score (nSPS) is 10.4. The molecule has 3 nitrogen and oxygen atoms in total. The highest BCUT2D eigenvalue weighted by atomic mass is 32.1. The quantitative estimate of drug-likeness (QED) is 0.837. The number of thiophene rings is 1. The number of hydrogen-bond acceptors (Lipinski definition) is 3. The van der Waals surface area contributed by atoms with Gasteiger partial charge in [0.2, 0.25) is 0 Å². The smallest absolute Gasteiger partial charge is 0.0758 e. The summed E-state index contributed by atoms with van der Waals surface area (Å²) < 4.78 is 1.87. The third kappa shape index (κ3) is 1.80. The lowest BCUT2D eigenvalue weighted by Gasteiger charge is -2.03. The van der Waals surface area contributed by atoms with Gasteiger partial charge in [-0.1, -0.05) is 0 Å². The highest BCUT2D eigenvalue weighted by molar-refractivity contribution is 7.07. The van der Waals surface area contributed by atoms with E-state index >= 15 is 0 Å². The highest BCUT2D eigenvalue weighted by Gasteiger charge is 2.02. The summed E-state index contributed by atoms with van der Waals surface area (Å²) in [5.74, 6) is 0. The molecular formula is C10H13N3S. The van der Waals surface area contributed by atoms with Gasteiger partial charge in [0.1, 0.15) is 0 Å². The second-order valence-corrected chi connectivity index (χ2v) is 4.03. The molecule has 0 fully saturated rings. The summed E-state index contributed by atoms with van der Waals surface area (Å²) in [4.78, 5) is 0. The van der Waals surface area contributed by atoms with E-state index < -0.39 is 0 Å². The van der Waals surface area contributed by atoms with Gasteiger partial charge < -0.3 is 5.32 Å². The van der Waals surface area contributed by atoms with E-state index in [4.69, 9.17) is 0 Å². The Kier molecular flexibility index (Phi) is 2.54. The third-order valence-corrected chi connectivity index (χ3v) is 3.03. The van der Waals surface area contributed by atoms with Crippen molar-refractivity contribution in [1.82, 2.24) is 9.78 Å². The van der Waals surface area contributed by atoms with E-state index in [1.807, 2.05) is 17.9 Å². The van der Waals surface area contributed by atoms with Gasteiger partial charge in [-0.05, 0) is 29.3 Å². The molecule has 2 aromatic heterocycles. The number of aryl methyl sites for hydroxylation is 1. The first kappa shape index (κ1) is 9.27. The lowest BCUT2D eigenvalue weighted by Crippen LogP contribution is -1.99. The molecule has 0 aromatic carbocycles. The maximum atomic E-state index is 4.17. The predicted molar refractivity (Wildman–Crippen MR) is 59.6 cm³/mol. The van der Waals surface area contributed by atoms with Crippen molar-refractivity contribution in [2.45, 2.75) is 13.5 Å². The lowest BCUT2D eigenvalue weighted by molar-refractivity contribution is 0.740. The van der Waals surface area contributed by atoms with Crippen molar-refractivity contribution < 1.29 is 0 Å². The van der Waals surface area contributed by atoms with Crippen molar-refractivity contribution in [3.8, 4) is 0 Å². The standard InChI is InChI=1S/C10H13N3S/c1-8-10(6-12-13(8)2)11-5-9-3-4-14-7-9/h3-4,6-7,11H,5H2,1-2H3. The van der Waals surface area contributed by atoms with Crippen LogP contribution < -0.4 is 5.32 Å². The van der Waals surface area contributed by atoms with Crippen LogP contribution >= 0.6 is 11.3 Å². The maximum absolute atomic E-state index is 4.17. The van der Waals surface area contributed by atoms with Crippen LogP contribution in [-0.2, 0) is 13.6 Å². The van der Waals surface area contributed by atoms with E-state index in [1.54, 1.807) is 11.3 Å². The fourth-order valence-electron chi connectivity index (χ4n) is 1.26. The van der Waals surface area contributed by atoms with Gasteiger partial charge in [0, 0.05) is 13.6 Å². The first-order valence-corrected chi connectivity index (χ1v) is 5.45. The molecule has 1 N–H and O–H groups in total. The third-order valence-electron chi connectivity index (χ3n) is 2.30.